The van der Waals surface area contributed by atoms with Crippen molar-refractivity contribution in [2.24, 2.45) is 0 Å². The van der Waals surface area contributed by atoms with Gasteiger partial charge in [0.1, 0.15) is 11.0 Å². The van der Waals surface area contributed by atoms with Gasteiger partial charge in [-0.25, -0.2) is 4.98 Å². The van der Waals surface area contributed by atoms with E-state index in [4.69, 9.17) is 11.6 Å². The minimum Gasteiger partial charge on any atom is -0.297 e. The van der Waals surface area contributed by atoms with Gasteiger partial charge >= 0.3 is 0 Å². The summed E-state index contributed by atoms with van der Waals surface area (Å²) in [6.45, 7) is 4.97. The molecule has 0 saturated heterocycles. The Kier molecular flexibility index (Phi) is 7.02. The fourth-order valence-corrected chi connectivity index (χ4v) is 2.27. The summed E-state index contributed by atoms with van der Waals surface area (Å²) in [4.78, 5) is 16.0. The highest BCUT2D eigenvalue weighted by Crippen LogP contribution is 2.08. The fraction of sp³-hybridized carbons (Fsp3) is 0.714. The van der Waals surface area contributed by atoms with E-state index in [1.165, 1.54) is 38.2 Å². The molecule has 0 aliphatic rings. The predicted octanol–water partition coefficient (Wildman–Crippen LogP) is 3.82. The van der Waals surface area contributed by atoms with Crippen LogP contribution in [-0.4, -0.2) is 9.55 Å². The number of rotatable bonds is 8. The van der Waals surface area contributed by atoms with Crippen LogP contribution in [0, 0.1) is 0 Å². The Labute approximate surface area is 114 Å². The fourth-order valence-electron chi connectivity index (χ4n) is 2.08. The lowest BCUT2D eigenvalue weighted by Gasteiger charge is -2.10. The number of hydrogen-bond donors (Lipinski definition) is 0. The van der Waals surface area contributed by atoms with E-state index in [1.807, 2.05) is 6.92 Å². The van der Waals surface area contributed by atoms with Gasteiger partial charge in [-0.15, -0.1) is 0 Å². The van der Waals surface area contributed by atoms with Crippen molar-refractivity contribution >= 4 is 11.6 Å². The van der Waals surface area contributed by atoms with E-state index < -0.39 is 0 Å². The van der Waals surface area contributed by atoms with Crippen molar-refractivity contribution in [2.75, 3.05) is 0 Å². The lowest BCUT2D eigenvalue weighted by atomic mass is 10.1. The van der Waals surface area contributed by atoms with Crippen LogP contribution in [0.5, 0.6) is 0 Å². The molecule has 0 aliphatic carbocycles. The largest absolute Gasteiger partial charge is 0.297 e. The van der Waals surface area contributed by atoms with Crippen molar-refractivity contribution in [3.63, 3.8) is 0 Å². The summed E-state index contributed by atoms with van der Waals surface area (Å²) >= 11 is 5.79. The maximum atomic E-state index is 11.8. The van der Waals surface area contributed by atoms with E-state index in [0.717, 1.165) is 25.2 Å². The van der Waals surface area contributed by atoms with E-state index in [0.29, 0.717) is 5.15 Å². The maximum absolute atomic E-state index is 11.8. The second-order valence-electron chi connectivity index (χ2n) is 4.61. The van der Waals surface area contributed by atoms with Crippen LogP contribution in [0.3, 0.4) is 0 Å². The summed E-state index contributed by atoms with van der Waals surface area (Å²) in [5, 5.41) is 0.302. The smallest absolute Gasteiger partial charge is 0.254 e. The standard InChI is InChI=1S/C14H23ClN2O/c1-3-5-6-7-8-9-10-17-13(4-2)16-12(15)11-14(17)18/h11H,3-10H2,1-2H3. The van der Waals surface area contributed by atoms with Gasteiger partial charge in [0.25, 0.3) is 5.56 Å². The quantitative estimate of drug-likeness (QED) is 0.532. The SMILES string of the molecule is CCCCCCCCn1c(CC)nc(Cl)cc1=O. The Morgan fingerprint density at radius 1 is 1.17 bits per heavy atom. The third-order valence-corrected chi connectivity index (χ3v) is 3.30. The number of aryl methyl sites for hydroxylation is 1. The molecular weight excluding hydrogens is 248 g/mol. The number of halogens is 1. The summed E-state index contributed by atoms with van der Waals surface area (Å²) in [6.07, 6.45) is 8.09. The number of unbranched alkanes of at least 4 members (excludes halogenated alkanes) is 5. The maximum Gasteiger partial charge on any atom is 0.254 e. The zero-order chi connectivity index (χ0) is 13.4. The first-order valence-corrected chi connectivity index (χ1v) is 7.33. The molecule has 0 unspecified atom stereocenters. The first-order chi connectivity index (χ1) is 8.69. The summed E-state index contributed by atoms with van der Waals surface area (Å²) in [6, 6.07) is 1.40. The summed E-state index contributed by atoms with van der Waals surface area (Å²) in [7, 11) is 0. The van der Waals surface area contributed by atoms with Gasteiger partial charge < -0.3 is 0 Å². The van der Waals surface area contributed by atoms with Crippen LogP contribution >= 0.6 is 11.6 Å². The zero-order valence-corrected chi connectivity index (χ0v) is 12.2. The van der Waals surface area contributed by atoms with Gasteiger partial charge in [-0.05, 0) is 6.42 Å². The monoisotopic (exact) mass is 270 g/mol. The van der Waals surface area contributed by atoms with E-state index in [2.05, 4.69) is 11.9 Å². The Morgan fingerprint density at radius 3 is 2.50 bits per heavy atom. The molecule has 1 rings (SSSR count). The first kappa shape index (κ1) is 15.2. The zero-order valence-electron chi connectivity index (χ0n) is 11.4. The third-order valence-electron chi connectivity index (χ3n) is 3.11. The highest BCUT2D eigenvalue weighted by atomic mass is 35.5. The molecule has 0 radical (unpaired) electrons. The molecule has 18 heavy (non-hydrogen) atoms. The van der Waals surface area contributed by atoms with Crippen molar-refractivity contribution in [2.45, 2.75) is 65.3 Å². The molecule has 1 aromatic heterocycles. The Bertz CT molecular complexity index is 415. The van der Waals surface area contributed by atoms with Crippen LogP contribution in [0.4, 0.5) is 0 Å². The average Bonchev–Trinajstić information content (AvgIpc) is 2.35. The molecule has 4 heteroatoms. The van der Waals surface area contributed by atoms with Gasteiger partial charge in [0.2, 0.25) is 0 Å². The molecule has 0 N–H and O–H groups in total. The van der Waals surface area contributed by atoms with Crippen molar-refractivity contribution in [3.05, 3.63) is 27.4 Å². The molecule has 0 amide bonds. The molecule has 0 aliphatic heterocycles. The molecule has 102 valence electrons. The van der Waals surface area contributed by atoms with E-state index in [9.17, 15) is 4.79 Å². The molecule has 0 saturated carbocycles. The number of aromatic nitrogens is 2. The highest BCUT2D eigenvalue weighted by molar-refractivity contribution is 6.29. The molecule has 0 fully saturated rings. The van der Waals surface area contributed by atoms with Gasteiger partial charge in [0.15, 0.2) is 0 Å². The lowest BCUT2D eigenvalue weighted by molar-refractivity contribution is 0.530. The molecule has 0 atom stereocenters. The normalized spacial score (nSPS) is 10.8. The minimum atomic E-state index is -0.0274. The Balaban J connectivity index is 2.49. The van der Waals surface area contributed by atoms with Crippen molar-refractivity contribution in [3.8, 4) is 0 Å². The third kappa shape index (κ3) is 4.81. The van der Waals surface area contributed by atoms with E-state index in [1.54, 1.807) is 4.57 Å². The van der Waals surface area contributed by atoms with E-state index in [-0.39, 0.29) is 5.56 Å². The van der Waals surface area contributed by atoms with Gasteiger partial charge in [-0.1, -0.05) is 57.6 Å². The summed E-state index contributed by atoms with van der Waals surface area (Å²) in [5.74, 6) is 0.793. The minimum absolute atomic E-state index is 0.0274. The van der Waals surface area contributed by atoms with Crippen LogP contribution in [0.2, 0.25) is 5.15 Å². The molecular formula is C14H23ClN2O. The topological polar surface area (TPSA) is 34.9 Å². The molecule has 1 aromatic rings. The summed E-state index contributed by atoms with van der Waals surface area (Å²) < 4.78 is 1.76. The Morgan fingerprint density at radius 2 is 1.83 bits per heavy atom. The molecule has 0 spiro atoms. The van der Waals surface area contributed by atoms with Gasteiger partial charge in [-0.2, -0.15) is 0 Å². The van der Waals surface area contributed by atoms with Crippen LogP contribution in [0.25, 0.3) is 0 Å². The van der Waals surface area contributed by atoms with Crippen molar-refractivity contribution < 1.29 is 0 Å². The Hall–Kier alpha value is -0.830. The van der Waals surface area contributed by atoms with Gasteiger partial charge in [0, 0.05) is 19.0 Å². The van der Waals surface area contributed by atoms with Crippen LogP contribution in [-0.2, 0) is 13.0 Å². The first-order valence-electron chi connectivity index (χ1n) is 6.95. The highest BCUT2D eigenvalue weighted by Gasteiger charge is 2.05. The molecule has 0 bridgehead atoms. The van der Waals surface area contributed by atoms with Crippen LogP contribution in [0.15, 0.2) is 10.9 Å². The van der Waals surface area contributed by atoms with Crippen molar-refractivity contribution in [1.82, 2.24) is 9.55 Å². The van der Waals surface area contributed by atoms with Crippen LogP contribution < -0.4 is 5.56 Å². The number of hydrogen-bond acceptors (Lipinski definition) is 2. The van der Waals surface area contributed by atoms with Crippen molar-refractivity contribution in [1.29, 1.82) is 0 Å². The summed E-state index contributed by atoms with van der Waals surface area (Å²) in [5.41, 5.74) is -0.0274. The van der Waals surface area contributed by atoms with Gasteiger partial charge in [0.05, 0.1) is 0 Å². The number of nitrogens with zero attached hydrogens (tertiary/aromatic N) is 2. The van der Waals surface area contributed by atoms with Gasteiger partial charge in [-0.3, -0.25) is 9.36 Å². The predicted molar refractivity (Wildman–Crippen MR) is 76.3 cm³/mol. The molecule has 3 nitrogen and oxygen atoms in total. The molecule has 0 aromatic carbocycles. The second-order valence-corrected chi connectivity index (χ2v) is 4.99. The molecule has 1 heterocycles. The van der Waals surface area contributed by atoms with Crippen LogP contribution in [0.1, 0.15) is 58.2 Å². The average molecular weight is 271 g/mol. The van der Waals surface area contributed by atoms with E-state index >= 15 is 0 Å². The second kappa shape index (κ2) is 8.30. The lowest BCUT2D eigenvalue weighted by Crippen LogP contribution is -2.24.